The summed E-state index contributed by atoms with van der Waals surface area (Å²) >= 11 is 5.19. The van der Waals surface area contributed by atoms with Crippen molar-refractivity contribution in [2.75, 3.05) is 0 Å². The summed E-state index contributed by atoms with van der Waals surface area (Å²) in [4.78, 5) is 12.0. The van der Waals surface area contributed by atoms with Crippen LogP contribution in [0.3, 0.4) is 0 Å². The summed E-state index contributed by atoms with van der Waals surface area (Å²) in [6.45, 7) is 0. The van der Waals surface area contributed by atoms with E-state index in [1.165, 1.54) is 0 Å². The van der Waals surface area contributed by atoms with E-state index in [0.717, 1.165) is 0 Å². The number of hydrogen-bond donors (Lipinski definition) is 0. The molecule has 0 heterocycles. The molecule has 0 amide bonds. The molecular formula is C13H9ClO2. The maximum atomic E-state index is 12.0. The summed E-state index contributed by atoms with van der Waals surface area (Å²) in [5, 5.41) is 0. The van der Waals surface area contributed by atoms with Crippen LogP contribution in [0.5, 0.6) is 5.75 Å². The van der Waals surface area contributed by atoms with Crippen LogP contribution in [0.15, 0.2) is 54.6 Å². The van der Waals surface area contributed by atoms with E-state index in [1.54, 1.807) is 36.4 Å². The normalized spacial score (nSPS) is 9.81. The van der Waals surface area contributed by atoms with Gasteiger partial charge in [0.1, 0.15) is 17.6 Å². The molecular weight excluding hydrogens is 224 g/mol. The number of benzene rings is 2. The molecule has 2 aromatic rings. The summed E-state index contributed by atoms with van der Waals surface area (Å²) in [5.74, 6) is 0.507. The van der Waals surface area contributed by atoms with Crippen LogP contribution in [-0.2, 0) is 0 Å². The van der Waals surface area contributed by atoms with E-state index in [-0.39, 0.29) is 5.78 Å². The summed E-state index contributed by atoms with van der Waals surface area (Å²) in [5.41, 5.74) is 1.28. The Kier molecular flexibility index (Phi) is 3.22. The van der Waals surface area contributed by atoms with Crippen LogP contribution in [0.1, 0.15) is 15.9 Å². The van der Waals surface area contributed by atoms with Crippen molar-refractivity contribution in [1.29, 1.82) is 0 Å². The Hall–Kier alpha value is -1.80. The molecule has 0 saturated carbocycles. The van der Waals surface area contributed by atoms with Crippen molar-refractivity contribution in [3.63, 3.8) is 0 Å². The van der Waals surface area contributed by atoms with E-state index < -0.39 is 0 Å². The first kappa shape index (κ1) is 10.7. The summed E-state index contributed by atoms with van der Waals surface area (Å²) in [6.07, 6.45) is 0. The van der Waals surface area contributed by atoms with Gasteiger partial charge in [0.05, 0.1) is 0 Å². The predicted molar refractivity (Wildman–Crippen MR) is 62.8 cm³/mol. The SMILES string of the molecule is O=C(c1ccccc1)c1ccc(OCl)cc1. The van der Waals surface area contributed by atoms with Crippen molar-refractivity contribution < 1.29 is 9.08 Å². The van der Waals surface area contributed by atoms with Gasteiger partial charge >= 0.3 is 0 Å². The highest BCUT2D eigenvalue weighted by molar-refractivity contribution is 6.10. The van der Waals surface area contributed by atoms with Crippen LogP contribution in [-0.4, -0.2) is 5.78 Å². The molecule has 2 rings (SSSR count). The number of ketones is 1. The van der Waals surface area contributed by atoms with Gasteiger partial charge in [-0.05, 0) is 24.3 Å². The molecule has 0 fully saturated rings. The highest BCUT2D eigenvalue weighted by Crippen LogP contribution is 2.16. The Bertz CT molecular complexity index is 477. The van der Waals surface area contributed by atoms with Gasteiger partial charge in [-0.25, -0.2) is 0 Å². The van der Waals surface area contributed by atoms with Gasteiger partial charge in [-0.2, -0.15) is 0 Å². The maximum absolute atomic E-state index is 12.0. The smallest absolute Gasteiger partial charge is 0.193 e. The van der Waals surface area contributed by atoms with E-state index >= 15 is 0 Å². The molecule has 0 saturated heterocycles. The second-order valence-corrected chi connectivity index (χ2v) is 3.45. The molecule has 0 aromatic heterocycles. The third-order valence-corrected chi connectivity index (χ3v) is 2.42. The molecule has 3 heteroatoms. The lowest BCUT2D eigenvalue weighted by Crippen LogP contribution is -2.00. The van der Waals surface area contributed by atoms with E-state index in [4.69, 9.17) is 11.9 Å². The Morgan fingerprint density at radius 1 is 0.875 bits per heavy atom. The number of carbonyl (C=O) groups is 1. The highest BCUT2D eigenvalue weighted by atomic mass is 35.5. The highest BCUT2D eigenvalue weighted by Gasteiger charge is 2.07. The number of carbonyl (C=O) groups excluding carboxylic acids is 1. The van der Waals surface area contributed by atoms with E-state index in [1.807, 2.05) is 18.2 Å². The van der Waals surface area contributed by atoms with Gasteiger partial charge in [-0.3, -0.25) is 4.79 Å². The van der Waals surface area contributed by atoms with Crippen molar-refractivity contribution in [3.05, 3.63) is 65.7 Å². The maximum Gasteiger partial charge on any atom is 0.193 e. The monoisotopic (exact) mass is 232 g/mol. The third-order valence-electron chi connectivity index (χ3n) is 2.24. The van der Waals surface area contributed by atoms with Crippen molar-refractivity contribution in [2.24, 2.45) is 0 Å². The van der Waals surface area contributed by atoms with Gasteiger partial charge in [-0.1, -0.05) is 30.3 Å². The standard InChI is InChI=1S/C13H9ClO2/c14-16-12-8-6-11(7-9-12)13(15)10-4-2-1-3-5-10/h1-9H. The van der Waals surface area contributed by atoms with Crippen LogP contribution in [0.4, 0.5) is 0 Å². The molecule has 0 aliphatic carbocycles. The fraction of sp³-hybridized carbons (Fsp3) is 0. The minimum absolute atomic E-state index is 0.0123. The average Bonchev–Trinajstić information content (AvgIpc) is 2.39. The lowest BCUT2D eigenvalue weighted by molar-refractivity contribution is 0.103. The first-order valence-electron chi connectivity index (χ1n) is 4.79. The van der Waals surface area contributed by atoms with Gasteiger partial charge in [0.15, 0.2) is 5.78 Å². The Morgan fingerprint density at radius 2 is 1.44 bits per heavy atom. The van der Waals surface area contributed by atoms with Gasteiger partial charge in [0, 0.05) is 11.1 Å². The molecule has 2 aromatic carbocycles. The van der Waals surface area contributed by atoms with Gasteiger partial charge in [-0.15, -0.1) is 0 Å². The third kappa shape index (κ3) is 2.23. The fourth-order valence-corrected chi connectivity index (χ4v) is 1.52. The van der Waals surface area contributed by atoms with Crippen molar-refractivity contribution in [3.8, 4) is 5.75 Å². The minimum atomic E-state index is -0.0123. The predicted octanol–water partition coefficient (Wildman–Crippen LogP) is 3.45. The molecule has 0 atom stereocenters. The quantitative estimate of drug-likeness (QED) is 0.758. The van der Waals surface area contributed by atoms with Gasteiger partial charge in [0.25, 0.3) is 0 Å². The molecule has 0 spiro atoms. The van der Waals surface area contributed by atoms with Crippen molar-refractivity contribution in [2.45, 2.75) is 0 Å². The summed E-state index contributed by atoms with van der Waals surface area (Å²) < 4.78 is 4.52. The number of rotatable bonds is 3. The first-order chi connectivity index (χ1) is 7.81. The van der Waals surface area contributed by atoms with Crippen LogP contribution >= 0.6 is 11.9 Å². The largest absolute Gasteiger partial charge is 0.386 e. The first-order valence-corrected chi connectivity index (χ1v) is 5.10. The van der Waals surface area contributed by atoms with Crippen LogP contribution < -0.4 is 4.29 Å². The second-order valence-electron chi connectivity index (χ2n) is 3.30. The van der Waals surface area contributed by atoms with E-state index in [2.05, 4.69) is 4.29 Å². The zero-order valence-corrected chi connectivity index (χ0v) is 9.15. The molecule has 2 nitrogen and oxygen atoms in total. The molecule has 0 N–H and O–H groups in total. The fourth-order valence-electron chi connectivity index (χ4n) is 1.41. The van der Waals surface area contributed by atoms with E-state index in [9.17, 15) is 4.79 Å². The second kappa shape index (κ2) is 4.81. The van der Waals surface area contributed by atoms with Gasteiger partial charge < -0.3 is 4.29 Å². The van der Waals surface area contributed by atoms with E-state index in [0.29, 0.717) is 16.9 Å². The summed E-state index contributed by atoms with van der Waals surface area (Å²) in [6, 6.07) is 15.8. The molecule has 80 valence electrons. The molecule has 0 aliphatic heterocycles. The Balaban J connectivity index is 2.28. The summed E-state index contributed by atoms with van der Waals surface area (Å²) in [7, 11) is 0. The van der Waals surface area contributed by atoms with Crippen molar-refractivity contribution in [1.82, 2.24) is 0 Å². The Labute approximate surface area is 98.6 Å². The lowest BCUT2D eigenvalue weighted by Gasteiger charge is -2.01. The minimum Gasteiger partial charge on any atom is -0.386 e. The molecule has 0 radical (unpaired) electrons. The molecule has 0 unspecified atom stereocenters. The molecule has 0 bridgehead atoms. The van der Waals surface area contributed by atoms with Crippen LogP contribution in [0.25, 0.3) is 0 Å². The zero-order chi connectivity index (χ0) is 11.4. The average molecular weight is 233 g/mol. The van der Waals surface area contributed by atoms with Crippen LogP contribution in [0, 0.1) is 0 Å². The zero-order valence-electron chi connectivity index (χ0n) is 8.39. The topological polar surface area (TPSA) is 26.3 Å². The molecule has 16 heavy (non-hydrogen) atoms. The Morgan fingerprint density at radius 3 is 2.00 bits per heavy atom. The van der Waals surface area contributed by atoms with Crippen molar-refractivity contribution >= 4 is 17.6 Å². The molecule has 0 aliphatic rings. The lowest BCUT2D eigenvalue weighted by atomic mass is 10.0. The number of halogens is 1. The van der Waals surface area contributed by atoms with Crippen LogP contribution in [0.2, 0.25) is 0 Å². The van der Waals surface area contributed by atoms with Gasteiger partial charge in [0.2, 0.25) is 0 Å². The number of hydrogen-bond acceptors (Lipinski definition) is 2.